The van der Waals surface area contributed by atoms with Crippen molar-refractivity contribution in [3.05, 3.63) is 84.2 Å². The summed E-state index contributed by atoms with van der Waals surface area (Å²) in [5, 5.41) is 4.90. The highest BCUT2D eigenvalue weighted by atomic mass is 19.1. The van der Waals surface area contributed by atoms with E-state index in [9.17, 15) is 4.39 Å². The molecule has 32 heavy (non-hydrogen) atoms. The molecule has 5 rings (SSSR count). The summed E-state index contributed by atoms with van der Waals surface area (Å²) in [6.07, 6.45) is 3.47. The number of hydrogen-bond acceptors (Lipinski definition) is 4. The molecule has 0 bridgehead atoms. The van der Waals surface area contributed by atoms with Gasteiger partial charge in [-0.15, -0.1) is 0 Å². The molecule has 0 unspecified atom stereocenters. The van der Waals surface area contributed by atoms with Crippen LogP contribution >= 0.6 is 0 Å². The van der Waals surface area contributed by atoms with Crippen molar-refractivity contribution in [1.29, 1.82) is 0 Å². The monoisotopic (exact) mass is 430 g/mol. The van der Waals surface area contributed by atoms with Crippen LogP contribution in [0, 0.1) is 5.82 Å². The van der Waals surface area contributed by atoms with Gasteiger partial charge in [-0.3, -0.25) is 0 Å². The van der Waals surface area contributed by atoms with E-state index in [0.717, 1.165) is 42.8 Å². The summed E-state index contributed by atoms with van der Waals surface area (Å²) in [5.74, 6) is 1.21. The second-order valence-corrected chi connectivity index (χ2v) is 8.42. The maximum Gasteiger partial charge on any atom is 0.170 e. The lowest BCUT2D eigenvalue weighted by Crippen LogP contribution is -2.34. The van der Waals surface area contributed by atoms with Crippen molar-refractivity contribution in [2.75, 3.05) is 26.2 Å². The summed E-state index contributed by atoms with van der Waals surface area (Å²) in [6, 6.07) is 23.2. The van der Waals surface area contributed by atoms with E-state index in [1.54, 1.807) is 6.07 Å². The molecule has 0 aliphatic carbocycles. The zero-order chi connectivity index (χ0) is 21.8. The van der Waals surface area contributed by atoms with E-state index in [2.05, 4.69) is 40.4 Å². The zero-order valence-corrected chi connectivity index (χ0v) is 18.0. The Hall–Kier alpha value is -3.18. The van der Waals surface area contributed by atoms with E-state index in [1.165, 1.54) is 30.5 Å². The number of benzene rings is 3. The molecule has 3 aromatic carbocycles. The van der Waals surface area contributed by atoms with Gasteiger partial charge in [0.25, 0.3) is 0 Å². The summed E-state index contributed by atoms with van der Waals surface area (Å²) in [4.78, 5) is 2.55. The van der Waals surface area contributed by atoms with Crippen molar-refractivity contribution in [3.63, 3.8) is 0 Å². The Bertz CT molecular complexity index is 1150. The molecule has 4 aromatic rings. The van der Waals surface area contributed by atoms with Crippen LogP contribution in [-0.4, -0.2) is 36.3 Å². The number of aromatic nitrogens is 1. The minimum absolute atomic E-state index is 0.329. The third kappa shape index (κ3) is 4.68. The van der Waals surface area contributed by atoms with Crippen LogP contribution in [0.4, 0.5) is 4.39 Å². The smallest absolute Gasteiger partial charge is 0.170 e. The van der Waals surface area contributed by atoms with Gasteiger partial charge in [-0.1, -0.05) is 35.5 Å². The number of rotatable bonds is 7. The van der Waals surface area contributed by atoms with Gasteiger partial charge < -0.3 is 14.2 Å². The van der Waals surface area contributed by atoms with Crippen LogP contribution in [0.25, 0.3) is 22.2 Å². The van der Waals surface area contributed by atoms with Gasteiger partial charge >= 0.3 is 0 Å². The summed E-state index contributed by atoms with van der Waals surface area (Å²) >= 11 is 0. The van der Waals surface area contributed by atoms with E-state index in [4.69, 9.17) is 9.26 Å². The maximum atomic E-state index is 13.3. The number of piperidine rings is 1. The number of hydrogen-bond donors (Lipinski definition) is 0. The van der Waals surface area contributed by atoms with Crippen molar-refractivity contribution >= 4 is 11.0 Å². The van der Waals surface area contributed by atoms with E-state index >= 15 is 0 Å². The van der Waals surface area contributed by atoms with Gasteiger partial charge in [-0.2, -0.15) is 0 Å². The first-order chi connectivity index (χ1) is 15.8. The highest BCUT2D eigenvalue weighted by Gasteiger charge is 2.20. The highest BCUT2D eigenvalue weighted by Crippen LogP contribution is 2.30. The number of halogens is 1. The summed E-state index contributed by atoms with van der Waals surface area (Å²) < 4.78 is 24.5. The van der Waals surface area contributed by atoms with Crippen LogP contribution in [0.1, 0.15) is 30.7 Å². The van der Waals surface area contributed by atoms with E-state index in [-0.39, 0.29) is 5.82 Å². The zero-order valence-electron chi connectivity index (χ0n) is 18.0. The van der Waals surface area contributed by atoms with E-state index < -0.39 is 0 Å². The topological polar surface area (TPSA) is 38.5 Å². The van der Waals surface area contributed by atoms with Crippen molar-refractivity contribution < 1.29 is 13.7 Å². The molecule has 2 heterocycles. The van der Waals surface area contributed by atoms with Crippen LogP contribution in [0.15, 0.2) is 77.3 Å². The molecule has 5 heteroatoms. The second kappa shape index (κ2) is 9.53. The van der Waals surface area contributed by atoms with Gasteiger partial charge in [0.2, 0.25) is 0 Å². The fraction of sp³-hybridized carbons (Fsp3) is 0.296. The van der Waals surface area contributed by atoms with Gasteiger partial charge in [-0.05, 0) is 80.2 Å². The Morgan fingerprint density at radius 3 is 2.53 bits per heavy atom. The van der Waals surface area contributed by atoms with Gasteiger partial charge in [-0.25, -0.2) is 4.39 Å². The Morgan fingerprint density at radius 1 is 0.969 bits per heavy atom. The van der Waals surface area contributed by atoms with Crippen molar-refractivity contribution in [3.8, 4) is 17.0 Å². The minimum Gasteiger partial charge on any atom is -0.494 e. The van der Waals surface area contributed by atoms with Crippen LogP contribution in [-0.2, 0) is 0 Å². The number of ether oxygens (including phenoxy) is 1. The van der Waals surface area contributed by atoms with Crippen molar-refractivity contribution in [1.82, 2.24) is 10.1 Å². The van der Waals surface area contributed by atoms with E-state index in [0.29, 0.717) is 23.8 Å². The largest absolute Gasteiger partial charge is 0.494 e. The minimum atomic E-state index is -0.329. The second-order valence-electron chi connectivity index (χ2n) is 8.42. The van der Waals surface area contributed by atoms with Gasteiger partial charge in [0, 0.05) is 23.6 Å². The molecule has 4 nitrogen and oxygen atoms in total. The normalized spacial score (nSPS) is 15.3. The molecular formula is C27H27FN2O2. The lowest BCUT2D eigenvalue weighted by Gasteiger charge is -2.32. The summed E-state index contributed by atoms with van der Waals surface area (Å²) in [5.41, 5.74) is 3.56. The molecule has 0 radical (unpaired) electrons. The molecule has 1 aliphatic heterocycles. The SMILES string of the molecule is Fc1ccc2c(-c3ccc(OCCCN4CCC(c5ccccc5)CC4)cc3)noc2c1. The summed E-state index contributed by atoms with van der Waals surface area (Å²) in [7, 11) is 0. The Morgan fingerprint density at radius 2 is 1.75 bits per heavy atom. The van der Waals surface area contributed by atoms with Crippen LogP contribution < -0.4 is 4.74 Å². The first-order valence-electron chi connectivity index (χ1n) is 11.3. The number of fused-ring (bicyclic) bond motifs is 1. The van der Waals surface area contributed by atoms with Crippen molar-refractivity contribution in [2.24, 2.45) is 0 Å². The van der Waals surface area contributed by atoms with Crippen LogP contribution in [0.3, 0.4) is 0 Å². The van der Waals surface area contributed by atoms with Crippen LogP contribution in [0.5, 0.6) is 5.75 Å². The molecule has 1 aliphatic rings. The first-order valence-corrected chi connectivity index (χ1v) is 11.3. The fourth-order valence-corrected chi connectivity index (χ4v) is 4.52. The quantitative estimate of drug-likeness (QED) is 0.323. The third-order valence-electron chi connectivity index (χ3n) is 6.31. The molecular weight excluding hydrogens is 403 g/mol. The first kappa shape index (κ1) is 20.7. The van der Waals surface area contributed by atoms with Crippen LogP contribution in [0.2, 0.25) is 0 Å². The fourth-order valence-electron chi connectivity index (χ4n) is 4.52. The Kier molecular flexibility index (Phi) is 6.17. The molecule has 1 aromatic heterocycles. The lowest BCUT2D eigenvalue weighted by molar-refractivity contribution is 0.193. The molecule has 0 spiro atoms. The molecule has 0 saturated carbocycles. The summed E-state index contributed by atoms with van der Waals surface area (Å²) in [6.45, 7) is 4.08. The van der Waals surface area contributed by atoms with Gasteiger partial charge in [0.1, 0.15) is 17.3 Å². The predicted octanol–water partition coefficient (Wildman–Crippen LogP) is 6.28. The maximum absolute atomic E-state index is 13.3. The molecule has 164 valence electrons. The van der Waals surface area contributed by atoms with Crippen molar-refractivity contribution in [2.45, 2.75) is 25.2 Å². The molecule has 1 saturated heterocycles. The predicted molar refractivity (Wildman–Crippen MR) is 124 cm³/mol. The molecule has 0 N–H and O–H groups in total. The highest BCUT2D eigenvalue weighted by molar-refractivity contribution is 5.91. The average molecular weight is 431 g/mol. The standard InChI is InChI=1S/C27H27FN2O2/c28-23-9-12-25-26(19-23)32-29-27(25)22-7-10-24(11-8-22)31-18-4-15-30-16-13-21(14-17-30)20-5-2-1-3-6-20/h1-3,5-12,19,21H,4,13-18H2. The molecule has 0 atom stereocenters. The van der Waals surface area contributed by atoms with Gasteiger partial charge in [0.05, 0.1) is 6.61 Å². The Labute approximate surface area is 187 Å². The number of nitrogens with zero attached hydrogens (tertiary/aromatic N) is 2. The van der Waals surface area contributed by atoms with E-state index in [1.807, 2.05) is 24.3 Å². The average Bonchev–Trinajstić information content (AvgIpc) is 3.26. The molecule has 1 fully saturated rings. The van der Waals surface area contributed by atoms with Gasteiger partial charge in [0.15, 0.2) is 5.58 Å². The molecule has 0 amide bonds. The third-order valence-corrected chi connectivity index (χ3v) is 6.31. The Balaban J connectivity index is 1.08. The lowest BCUT2D eigenvalue weighted by atomic mass is 9.89. The number of likely N-dealkylation sites (tertiary alicyclic amines) is 1.